The lowest BCUT2D eigenvalue weighted by atomic mass is 10.1. The first-order valence-corrected chi connectivity index (χ1v) is 11.0. The van der Waals surface area contributed by atoms with Crippen molar-refractivity contribution < 1.29 is 13.9 Å². The lowest BCUT2D eigenvalue weighted by Gasteiger charge is -2.36. The van der Waals surface area contributed by atoms with Crippen LogP contribution in [0.4, 0.5) is 10.1 Å². The van der Waals surface area contributed by atoms with Gasteiger partial charge in [-0.1, -0.05) is 0 Å². The van der Waals surface area contributed by atoms with Crippen LogP contribution in [0.3, 0.4) is 0 Å². The van der Waals surface area contributed by atoms with E-state index in [-0.39, 0.29) is 17.3 Å². The Labute approximate surface area is 192 Å². The van der Waals surface area contributed by atoms with Crippen molar-refractivity contribution in [2.75, 3.05) is 38.2 Å². The smallest absolute Gasteiger partial charge is 0.266 e. The van der Waals surface area contributed by atoms with Gasteiger partial charge in [-0.25, -0.2) is 9.07 Å². The van der Waals surface area contributed by atoms with Crippen molar-refractivity contribution in [2.24, 2.45) is 0 Å². The summed E-state index contributed by atoms with van der Waals surface area (Å²) in [5, 5.41) is 4.46. The van der Waals surface area contributed by atoms with Crippen LogP contribution in [-0.2, 0) is 11.3 Å². The van der Waals surface area contributed by atoms with Crippen LogP contribution in [0.1, 0.15) is 12.8 Å². The fraction of sp³-hybridized carbons (Fsp3) is 0.320. The fourth-order valence-electron chi connectivity index (χ4n) is 3.93. The van der Waals surface area contributed by atoms with Gasteiger partial charge in [0.15, 0.2) is 0 Å². The standard InChI is InChI=1S/C25H27FN4O3/c1-33-22-10-4-19(5-11-22)23-12-13-25(32)30(27-23)14-2-3-24(31)29-17-15-28(16-18-29)21-8-6-20(26)7-9-21/h4-13H,2-3,14-18H2,1H3. The Kier molecular flexibility index (Phi) is 7.02. The highest BCUT2D eigenvalue weighted by atomic mass is 19.1. The van der Waals surface area contributed by atoms with E-state index in [0.29, 0.717) is 51.3 Å². The molecule has 8 heteroatoms. The van der Waals surface area contributed by atoms with Crippen LogP contribution in [0, 0.1) is 5.82 Å². The second-order valence-corrected chi connectivity index (χ2v) is 7.96. The van der Waals surface area contributed by atoms with E-state index < -0.39 is 0 Å². The molecule has 4 rings (SSSR count). The van der Waals surface area contributed by atoms with Gasteiger partial charge in [-0.15, -0.1) is 0 Å². The molecule has 1 saturated heterocycles. The summed E-state index contributed by atoms with van der Waals surface area (Å²) in [5.41, 5.74) is 2.36. The van der Waals surface area contributed by atoms with E-state index in [9.17, 15) is 14.0 Å². The van der Waals surface area contributed by atoms with E-state index in [1.54, 1.807) is 25.3 Å². The minimum absolute atomic E-state index is 0.0770. The summed E-state index contributed by atoms with van der Waals surface area (Å²) in [6.07, 6.45) is 0.896. The number of carbonyl (C=O) groups is 1. The van der Waals surface area contributed by atoms with Gasteiger partial charge in [0.25, 0.3) is 5.56 Å². The van der Waals surface area contributed by atoms with Crippen LogP contribution in [0.2, 0.25) is 0 Å². The number of aryl methyl sites for hydroxylation is 1. The highest BCUT2D eigenvalue weighted by Crippen LogP contribution is 2.20. The summed E-state index contributed by atoms with van der Waals surface area (Å²) in [4.78, 5) is 28.9. The first kappa shape index (κ1) is 22.5. The van der Waals surface area contributed by atoms with E-state index in [1.807, 2.05) is 29.2 Å². The van der Waals surface area contributed by atoms with Gasteiger partial charge in [0.2, 0.25) is 5.91 Å². The number of nitrogens with zero attached hydrogens (tertiary/aromatic N) is 4. The lowest BCUT2D eigenvalue weighted by Crippen LogP contribution is -2.48. The van der Waals surface area contributed by atoms with Crippen molar-refractivity contribution >= 4 is 11.6 Å². The molecule has 0 radical (unpaired) electrons. The summed E-state index contributed by atoms with van der Waals surface area (Å²) in [7, 11) is 1.61. The quantitative estimate of drug-likeness (QED) is 0.553. The largest absolute Gasteiger partial charge is 0.497 e. The molecule has 1 aliphatic rings. The number of piperazine rings is 1. The molecule has 0 bridgehead atoms. The topological polar surface area (TPSA) is 67.7 Å². The number of methoxy groups -OCH3 is 1. The lowest BCUT2D eigenvalue weighted by molar-refractivity contribution is -0.131. The molecule has 0 saturated carbocycles. The molecule has 33 heavy (non-hydrogen) atoms. The Morgan fingerprint density at radius 2 is 1.67 bits per heavy atom. The van der Waals surface area contributed by atoms with E-state index in [0.717, 1.165) is 17.0 Å². The number of anilines is 1. The van der Waals surface area contributed by atoms with Crippen molar-refractivity contribution in [3.8, 4) is 17.0 Å². The molecule has 0 atom stereocenters. The molecule has 3 aromatic rings. The zero-order valence-corrected chi connectivity index (χ0v) is 18.6. The van der Waals surface area contributed by atoms with Crippen molar-refractivity contribution in [1.29, 1.82) is 0 Å². The van der Waals surface area contributed by atoms with Crippen LogP contribution in [0.15, 0.2) is 65.5 Å². The number of aromatic nitrogens is 2. The summed E-state index contributed by atoms with van der Waals surface area (Å²) in [5.74, 6) is 0.577. The Bertz CT molecular complexity index is 1140. The Balaban J connectivity index is 1.29. The van der Waals surface area contributed by atoms with Gasteiger partial charge in [0, 0.05) is 56.5 Å². The molecule has 7 nitrogen and oxygen atoms in total. The fourth-order valence-corrected chi connectivity index (χ4v) is 3.93. The van der Waals surface area contributed by atoms with Gasteiger partial charge in [-0.05, 0) is 61.0 Å². The van der Waals surface area contributed by atoms with Crippen LogP contribution in [0.5, 0.6) is 5.75 Å². The van der Waals surface area contributed by atoms with Gasteiger partial charge in [0.05, 0.1) is 12.8 Å². The summed E-state index contributed by atoms with van der Waals surface area (Å²) in [6.45, 7) is 3.05. The average Bonchev–Trinajstić information content (AvgIpc) is 2.86. The van der Waals surface area contributed by atoms with Crippen molar-refractivity contribution in [1.82, 2.24) is 14.7 Å². The number of ether oxygens (including phenoxy) is 1. The predicted octanol–water partition coefficient (Wildman–Crippen LogP) is 3.19. The second-order valence-electron chi connectivity index (χ2n) is 7.96. The minimum Gasteiger partial charge on any atom is -0.497 e. The van der Waals surface area contributed by atoms with Crippen LogP contribution >= 0.6 is 0 Å². The van der Waals surface area contributed by atoms with Crippen molar-refractivity contribution in [3.63, 3.8) is 0 Å². The Morgan fingerprint density at radius 1 is 0.970 bits per heavy atom. The molecule has 1 amide bonds. The van der Waals surface area contributed by atoms with E-state index >= 15 is 0 Å². The number of halogens is 1. The summed E-state index contributed by atoms with van der Waals surface area (Å²) < 4.78 is 19.7. The third-order valence-corrected chi connectivity index (χ3v) is 5.84. The minimum atomic E-state index is -0.254. The number of carbonyl (C=O) groups excluding carboxylic acids is 1. The first-order chi connectivity index (χ1) is 16.0. The zero-order valence-electron chi connectivity index (χ0n) is 18.6. The summed E-state index contributed by atoms with van der Waals surface area (Å²) >= 11 is 0. The number of hydrogen-bond acceptors (Lipinski definition) is 5. The Morgan fingerprint density at radius 3 is 2.33 bits per heavy atom. The molecule has 0 aliphatic carbocycles. The molecule has 2 heterocycles. The van der Waals surface area contributed by atoms with Crippen molar-refractivity contribution in [2.45, 2.75) is 19.4 Å². The van der Waals surface area contributed by atoms with E-state index in [4.69, 9.17) is 4.74 Å². The maximum Gasteiger partial charge on any atom is 0.266 e. The molecule has 0 unspecified atom stereocenters. The van der Waals surface area contributed by atoms with Crippen LogP contribution < -0.4 is 15.2 Å². The third-order valence-electron chi connectivity index (χ3n) is 5.84. The van der Waals surface area contributed by atoms with Gasteiger partial charge >= 0.3 is 0 Å². The monoisotopic (exact) mass is 450 g/mol. The zero-order chi connectivity index (χ0) is 23.2. The van der Waals surface area contributed by atoms with Crippen LogP contribution in [-0.4, -0.2) is 53.9 Å². The SMILES string of the molecule is COc1ccc(-c2ccc(=O)n(CCCC(=O)N3CCN(c4ccc(F)cc4)CC3)n2)cc1. The number of amides is 1. The average molecular weight is 451 g/mol. The Hall–Kier alpha value is -3.68. The molecular weight excluding hydrogens is 423 g/mol. The molecule has 0 spiro atoms. The molecule has 1 aromatic heterocycles. The number of rotatable bonds is 7. The van der Waals surface area contributed by atoms with E-state index in [2.05, 4.69) is 10.00 Å². The molecule has 1 aliphatic heterocycles. The normalized spacial score (nSPS) is 13.8. The maximum absolute atomic E-state index is 13.1. The second kappa shape index (κ2) is 10.3. The highest BCUT2D eigenvalue weighted by Gasteiger charge is 2.21. The summed E-state index contributed by atoms with van der Waals surface area (Å²) in [6, 6.07) is 17.1. The number of benzene rings is 2. The van der Waals surface area contributed by atoms with Gasteiger partial charge in [-0.3, -0.25) is 9.59 Å². The molecular formula is C25H27FN4O3. The van der Waals surface area contributed by atoms with Crippen LogP contribution in [0.25, 0.3) is 11.3 Å². The molecule has 0 N–H and O–H groups in total. The van der Waals surface area contributed by atoms with Gasteiger partial charge in [-0.2, -0.15) is 5.10 Å². The first-order valence-electron chi connectivity index (χ1n) is 11.0. The van der Waals surface area contributed by atoms with Gasteiger partial charge < -0.3 is 14.5 Å². The molecule has 172 valence electrons. The maximum atomic E-state index is 13.1. The van der Waals surface area contributed by atoms with Crippen molar-refractivity contribution in [3.05, 3.63) is 76.8 Å². The molecule has 1 fully saturated rings. The molecule has 2 aromatic carbocycles. The van der Waals surface area contributed by atoms with Gasteiger partial charge in [0.1, 0.15) is 11.6 Å². The number of hydrogen-bond donors (Lipinski definition) is 0. The van der Waals surface area contributed by atoms with E-state index in [1.165, 1.54) is 22.9 Å². The predicted molar refractivity (Wildman–Crippen MR) is 125 cm³/mol. The third kappa shape index (κ3) is 5.58. The highest BCUT2D eigenvalue weighted by molar-refractivity contribution is 5.76.